The topological polar surface area (TPSA) is 88.8 Å². The fourth-order valence-electron chi connectivity index (χ4n) is 2.73. The number of benzene rings is 3. The van der Waals surface area contributed by atoms with Gasteiger partial charge in [-0.1, -0.05) is 46.3 Å². The number of hydrogen-bond acceptors (Lipinski definition) is 5. The number of alkyl halides is 3. The minimum absolute atomic E-state index is 0.139. The average Bonchev–Trinajstić information content (AvgIpc) is 2.79. The highest BCUT2D eigenvalue weighted by molar-refractivity contribution is 9.10. The number of nitrogens with zero attached hydrogens (tertiary/aromatic N) is 2. The van der Waals surface area contributed by atoms with Gasteiger partial charge in [0.15, 0.2) is 5.11 Å². The maximum absolute atomic E-state index is 12.9. The van der Waals surface area contributed by atoms with Crippen LogP contribution >= 0.6 is 28.1 Å². The third kappa shape index (κ3) is 6.99. The summed E-state index contributed by atoms with van der Waals surface area (Å²) in [6.45, 7) is 0.491. The Labute approximate surface area is 205 Å². The van der Waals surface area contributed by atoms with Crippen molar-refractivity contribution >= 4 is 45.2 Å². The van der Waals surface area contributed by atoms with Crippen molar-refractivity contribution in [3.05, 3.63) is 98.0 Å². The molecule has 0 aromatic heterocycles. The van der Waals surface area contributed by atoms with Crippen molar-refractivity contribution in [3.63, 3.8) is 0 Å². The first-order chi connectivity index (χ1) is 16.1. The van der Waals surface area contributed by atoms with Gasteiger partial charge < -0.3 is 10.1 Å². The number of halogens is 4. The van der Waals surface area contributed by atoms with Gasteiger partial charge in [0.1, 0.15) is 5.75 Å². The lowest BCUT2D eigenvalue weighted by Crippen LogP contribution is -2.31. The quantitative estimate of drug-likeness (QED) is 0.158. The first-order valence-electron chi connectivity index (χ1n) is 9.57. The van der Waals surface area contributed by atoms with Crippen LogP contribution in [0.25, 0.3) is 0 Å². The first kappa shape index (κ1) is 25.1. The van der Waals surface area contributed by atoms with Gasteiger partial charge in [-0.25, -0.2) is 0 Å². The molecule has 34 heavy (non-hydrogen) atoms. The molecule has 0 heterocycles. The normalized spacial score (nSPS) is 11.3. The minimum atomic E-state index is -4.72. The maximum atomic E-state index is 12.9. The van der Waals surface area contributed by atoms with Crippen molar-refractivity contribution in [1.29, 1.82) is 0 Å². The zero-order valence-corrected chi connectivity index (χ0v) is 19.6. The summed E-state index contributed by atoms with van der Waals surface area (Å²) in [6, 6.07) is 16.4. The third-order valence-corrected chi connectivity index (χ3v) is 5.07. The van der Waals surface area contributed by atoms with Gasteiger partial charge in [0.25, 0.3) is 0 Å². The fourth-order valence-corrected chi connectivity index (χ4v) is 3.24. The Morgan fingerprint density at radius 3 is 2.50 bits per heavy atom. The van der Waals surface area contributed by atoms with Crippen molar-refractivity contribution in [2.45, 2.75) is 12.7 Å². The number of hydrogen-bond donors (Lipinski definition) is 2. The van der Waals surface area contributed by atoms with Crippen LogP contribution in [0.1, 0.15) is 16.7 Å². The van der Waals surface area contributed by atoms with E-state index in [1.54, 1.807) is 12.1 Å². The summed E-state index contributed by atoms with van der Waals surface area (Å²) in [6.07, 6.45) is -3.36. The van der Waals surface area contributed by atoms with E-state index in [2.05, 4.69) is 31.8 Å². The second kappa shape index (κ2) is 11.1. The van der Waals surface area contributed by atoms with Gasteiger partial charge in [0, 0.05) is 22.6 Å². The lowest BCUT2D eigenvalue weighted by atomic mass is 10.1. The van der Waals surface area contributed by atoms with Crippen LogP contribution in [0, 0.1) is 10.1 Å². The molecule has 3 aromatic rings. The van der Waals surface area contributed by atoms with Crippen LogP contribution in [0.15, 0.2) is 76.3 Å². The van der Waals surface area contributed by atoms with E-state index in [0.717, 1.165) is 11.6 Å². The van der Waals surface area contributed by atoms with Crippen LogP contribution in [-0.2, 0) is 12.7 Å². The zero-order valence-electron chi connectivity index (χ0n) is 17.2. The standard InChI is InChI=1S/C22H16BrF3N4O3S/c23-17-7-9-19(33-20-8-6-16(22(24,25)26)11-18(20)30(31)32)15(10-17)13-28-29-21(34)27-12-14-4-2-1-3-5-14/h1-11,13H,12H2,(H2,27,29,34). The van der Waals surface area contributed by atoms with Gasteiger partial charge in [-0.3, -0.25) is 15.5 Å². The monoisotopic (exact) mass is 552 g/mol. The number of thiocarbonyl (C=S) groups is 1. The molecule has 0 saturated carbocycles. The Hall–Kier alpha value is -3.51. The number of nitro benzene ring substituents is 1. The lowest BCUT2D eigenvalue weighted by molar-refractivity contribution is -0.385. The van der Waals surface area contributed by atoms with Crippen LogP contribution in [0.4, 0.5) is 18.9 Å². The number of hydrazone groups is 1. The summed E-state index contributed by atoms with van der Waals surface area (Å²) in [5.41, 5.74) is 2.10. The number of rotatable bonds is 7. The molecule has 12 heteroatoms. The molecule has 3 aromatic carbocycles. The van der Waals surface area contributed by atoms with E-state index in [4.69, 9.17) is 17.0 Å². The zero-order chi connectivity index (χ0) is 24.7. The van der Waals surface area contributed by atoms with Crippen LogP contribution in [-0.4, -0.2) is 16.3 Å². The van der Waals surface area contributed by atoms with Crippen LogP contribution < -0.4 is 15.5 Å². The van der Waals surface area contributed by atoms with E-state index in [0.29, 0.717) is 28.7 Å². The summed E-state index contributed by atoms with van der Waals surface area (Å²) in [5, 5.41) is 18.6. The predicted molar refractivity (Wildman–Crippen MR) is 129 cm³/mol. The highest BCUT2D eigenvalue weighted by atomic mass is 79.9. The average molecular weight is 553 g/mol. The number of ether oxygens (including phenoxy) is 1. The van der Waals surface area contributed by atoms with Gasteiger partial charge >= 0.3 is 11.9 Å². The Kier molecular flexibility index (Phi) is 8.18. The first-order valence-corrected chi connectivity index (χ1v) is 10.8. The molecule has 3 rings (SSSR count). The molecule has 0 atom stereocenters. The molecule has 0 unspecified atom stereocenters. The van der Waals surface area contributed by atoms with Gasteiger partial charge in [0.05, 0.1) is 16.7 Å². The van der Waals surface area contributed by atoms with Gasteiger partial charge in [-0.15, -0.1) is 0 Å². The summed E-state index contributed by atoms with van der Waals surface area (Å²) < 4.78 is 45.1. The summed E-state index contributed by atoms with van der Waals surface area (Å²) in [4.78, 5) is 10.4. The van der Waals surface area contributed by atoms with Crippen molar-refractivity contribution in [1.82, 2.24) is 10.7 Å². The van der Waals surface area contributed by atoms with Crippen molar-refractivity contribution in [2.24, 2.45) is 5.10 Å². The number of nitrogens with one attached hydrogen (secondary N) is 2. The largest absolute Gasteiger partial charge is 0.449 e. The smallest absolute Gasteiger partial charge is 0.416 e. The fraction of sp³-hybridized carbons (Fsp3) is 0.0909. The molecule has 176 valence electrons. The van der Waals surface area contributed by atoms with Crippen LogP contribution in [0.3, 0.4) is 0 Å². The third-order valence-electron chi connectivity index (χ3n) is 4.34. The van der Waals surface area contributed by atoms with Gasteiger partial charge in [0.2, 0.25) is 5.75 Å². The molecule has 0 aliphatic rings. The molecule has 0 amide bonds. The molecule has 0 saturated heterocycles. The summed E-state index contributed by atoms with van der Waals surface area (Å²) in [5.74, 6) is -0.206. The second-order valence-electron chi connectivity index (χ2n) is 6.76. The molecule has 0 spiro atoms. The van der Waals surface area contributed by atoms with Crippen molar-refractivity contribution in [2.75, 3.05) is 0 Å². The predicted octanol–water partition coefficient (Wildman–Crippen LogP) is 6.17. The van der Waals surface area contributed by atoms with E-state index in [9.17, 15) is 23.3 Å². The molecule has 0 bridgehead atoms. The van der Waals surface area contributed by atoms with E-state index < -0.39 is 22.4 Å². The van der Waals surface area contributed by atoms with E-state index in [-0.39, 0.29) is 16.6 Å². The second-order valence-corrected chi connectivity index (χ2v) is 8.08. The van der Waals surface area contributed by atoms with E-state index >= 15 is 0 Å². The van der Waals surface area contributed by atoms with E-state index in [1.807, 2.05) is 30.3 Å². The molecule has 0 fully saturated rings. The summed E-state index contributed by atoms with van der Waals surface area (Å²) in [7, 11) is 0. The molecular formula is C22H16BrF3N4O3S. The van der Waals surface area contributed by atoms with Crippen molar-refractivity contribution in [3.8, 4) is 11.5 Å². The molecule has 0 aliphatic heterocycles. The highest BCUT2D eigenvalue weighted by Crippen LogP contribution is 2.38. The number of nitro groups is 1. The minimum Gasteiger partial charge on any atom is -0.449 e. The molecule has 0 radical (unpaired) electrons. The SMILES string of the molecule is O=[N+]([O-])c1cc(C(F)(F)F)ccc1Oc1ccc(Br)cc1C=NNC(=S)NCc1ccccc1. The van der Waals surface area contributed by atoms with Crippen LogP contribution in [0.5, 0.6) is 11.5 Å². The lowest BCUT2D eigenvalue weighted by Gasteiger charge is -2.12. The molecule has 0 aliphatic carbocycles. The molecular weight excluding hydrogens is 537 g/mol. The van der Waals surface area contributed by atoms with Crippen LogP contribution in [0.2, 0.25) is 0 Å². The van der Waals surface area contributed by atoms with Gasteiger partial charge in [-0.05, 0) is 48.1 Å². The highest BCUT2D eigenvalue weighted by Gasteiger charge is 2.33. The van der Waals surface area contributed by atoms with Gasteiger partial charge in [-0.2, -0.15) is 18.3 Å². The van der Waals surface area contributed by atoms with Crippen molar-refractivity contribution < 1.29 is 22.8 Å². The summed E-state index contributed by atoms with van der Waals surface area (Å²) >= 11 is 8.49. The molecule has 7 nitrogen and oxygen atoms in total. The molecule has 2 N–H and O–H groups in total. The Morgan fingerprint density at radius 2 is 1.82 bits per heavy atom. The van der Waals surface area contributed by atoms with E-state index in [1.165, 1.54) is 12.3 Å². The maximum Gasteiger partial charge on any atom is 0.416 e. The Bertz CT molecular complexity index is 1220. The Balaban J connectivity index is 1.75. The Morgan fingerprint density at radius 1 is 1.12 bits per heavy atom.